The van der Waals surface area contributed by atoms with Crippen molar-refractivity contribution in [3.05, 3.63) is 100 Å². The van der Waals surface area contributed by atoms with E-state index >= 15 is 0 Å². The highest BCUT2D eigenvalue weighted by Gasteiger charge is 2.22. The van der Waals surface area contributed by atoms with Gasteiger partial charge in [-0.25, -0.2) is 14.6 Å². The maximum atomic E-state index is 13.4. The van der Waals surface area contributed by atoms with Crippen LogP contribution in [-0.4, -0.2) is 30.9 Å². The molecule has 2 aromatic heterocycles. The highest BCUT2D eigenvalue weighted by Crippen LogP contribution is 2.27. The van der Waals surface area contributed by atoms with E-state index in [0.29, 0.717) is 16.6 Å². The highest BCUT2D eigenvalue weighted by molar-refractivity contribution is 9.10. The summed E-state index contributed by atoms with van der Waals surface area (Å²) in [5.41, 5.74) is 4.25. The minimum absolute atomic E-state index is 0.262. The number of carbonyl (C=O) groups excluding carboxylic acids is 1. The van der Waals surface area contributed by atoms with Gasteiger partial charge in [-0.05, 0) is 55.6 Å². The van der Waals surface area contributed by atoms with Gasteiger partial charge in [-0.15, -0.1) is 5.10 Å². The summed E-state index contributed by atoms with van der Waals surface area (Å²) in [6.45, 7) is 3.88. The van der Waals surface area contributed by atoms with Crippen LogP contribution in [0, 0.1) is 13.8 Å². The molecule has 0 aliphatic carbocycles. The number of anilines is 1. The molecule has 0 fully saturated rings. The molecule has 7 nitrogen and oxygen atoms in total. The lowest BCUT2D eigenvalue weighted by atomic mass is 10.1. The van der Waals surface area contributed by atoms with Crippen LogP contribution in [0.1, 0.15) is 27.6 Å². The van der Waals surface area contributed by atoms with Crippen LogP contribution in [0.2, 0.25) is 0 Å². The molecule has 0 bridgehead atoms. The van der Waals surface area contributed by atoms with Crippen molar-refractivity contribution in [2.24, 2.45) is 0 Å². The van der Waals surface area contributed by atoms with E-state index in [1.54, 1.807) is 4.68 Å². The summed E-state index contributed by atoms with van der Waals surface area (Å²) in [7, 11) is 0. The maximum Gasteiger partial charge on any atom is 0.278 e. The number of hydrogen-bond acceptors (Lipinski definition) is 6. The van der Waals surface area contributed by atoms with Crippen molar-refractivity contribution in [1.82, 2.24) is 25.0 Å². The van der Waals surface area contributed by atoms with Crippen LogP contribution in [-0.2, 0) is 5.75 Å². The molecule has 9 heteroatoms. The van der Waals surface area contributed by atoms with Crippen molar-refractivity contribution in [1.29, 1.82) is 0 Å². The van der Waals surface area contributed by atoms with E-state index in [1.807, 2.05) is 86.6 Å². The lowest BCUT2D eigenvalue weighted by Gasteiger charge is -2.10. The first kappa shape index (κ1) is 23.2. The Morgan fingerprint density at radius 1 is 0.971 bits per heavy atom. The first-order valence-electron chi connectivity index (χ1n) is 10.9. The molecule has 2 heterocycles. The Hall–Kier alpha value is -3.56. The fraction of sp³-hybridized carbons (Fsp3) is 0.115. The van der Waals surface area contributed by atoms with Gasteiger partial charge >= 0.3 is 0 Å². The van der Waals surface area contributed by atoms with E-state index in [4.69, 9.17) is 0 Å². The predicted molar refractivity (Wildman–Crippen MR) is 142 cm³/mol. The summed E-state index contributed by atoms with van der Waals surface area (Å²) in [6.07, 6.45) is 0. The van der Waals surface area contributed by atoms with Gasteiger partial charge in [0.25, 0.3) is 5.91 Å². The summed E-state index contributed by atoms with van der Waals surface area (Å²) in [5, 5.41) is 14.3. The van der Waals surface area contributed by atoms with Gasteiger partial charge in [0.1, 0.15) is 0 Å². The maximum absolute atomic E-state index is 13.4. The van der Waals surface area contributed by atoms with E-state index in [1.165, 1.54) is 11.8 Å². The van der Waals surface area contributed by atoms with E-state index in [0.717, 1.165) is 38.0 Å². The van der Waals surface area contributed by atoms with Gasteiger partial charge < -0.3 is 5.32 Å². The van der Waals surface area contributed by atoms with Crippen LogP contribution in [0.15, 0.2) is 82.4 Å². The van der Waals surface area contributed by atoms with Crippen LogP contribution in [0.5, 0.6) is 0 Å². The molecule has 0 saturated heterocycles. The molecule has 0 saturated carbocycles. The van der Waals surface area contributed by atoms with E-state index in [2.05, 4.69) is 41.5 Å². The number of fused-ring (bicyclic) bond motifs is 1. The highest BCUT2D eigenvalue weighted by atomic mass is 79.9. The largest absolute Gasteiger partial charge is 0.320 e. The molecular weight excluding hydrogens is 524 g/mol. The Morgan fingerprint density at radius 2 is 1.69 bits per heavy atom. The third kappa shape index (κ3) is 5.11. The monoisotopic (exact) mass is 544 g/mol. The van der Waals surface area contributed by atoms with Gasteiger partial charge in [-0.3, -0.25) is 4.79 Å². The van der Waals surface area contributed by atoms with E-state index < -0.39 is 0 Å². The topological polar surface area (TPSA) is 85.6 Å². The van der Waals surface area contributed by atoms with Crippen molar-refractivity contribution < 1.29 is 4.79 Å². The molecule has 0 aliphatic heterocycles. The van der Waals surface area contributed by atoms with Gasteiger partial charge in [-0.1, -0.05) is 69.3 Å². The third-order valence-corrected chi connectivity index (χ3v) is 6.77. The number of benzene rings is 3. The summed E-state index contributed by atoms with van der Waals surface area (Å²) in [6, 6.07) is 23.4. The normalized spacial score (nSPS) is 11.1. The average Bonchev–Trinajstić information content (AvgIpc) is 3.27. The second-order valence-corrected chi connectivity index (χ2v) is 9.83. The first-order chi connectivity index (χ1) is 17.0. The van der Waals surface area contributed by atoms with Gasteiger partial charge in [0.05, 0.1) is 11.4 Å². The van der Waals surface area contributed by atoms with Gasteiger partial charge in [0, 0.05) is 32.7 Å². The quantitative estimate of drug-likeness (QED) is 0.204. The Kier molecular flexibility index (Phi) is 6.61. The molecule has 0 aliphatic rings. The molecule has 1 N–H and O–H groups in total. The Labute approximate surface area is 215 Å². The zero-order valence-corrected chi connectivity index (χ0v) is 21.5. The van der Waals surface area contributed by atoms with Crippen LogP contribution >= 0.6 is 27.7 Å². The summed E-state index contributed by atoms with van der Waals surface area (Å²) in [4.78, 5) is 22.5. The number of aromatic nitrogens is 5. The number of carbonyl (C=O) groups is 1. The van der Waals surface area contributed by atoms with Crippen LogP contribution in [0.25, 0.3) is 16.5 Å². The van der Waals surface area contributed by atoms with Crippen molar-refractivity contribution in [3.8, 4) is 5.69 Å². The van der Waals surface area contributed by atoms with Crippen molar-refractivity contribution in [3.63, 3.8) is 0 Å². The van der Waals surface area contributed by atoms with E-state index in [-0.39, 0.29) is 11.6 Å². The summed E-state index contributed by atoms with van der Waals surface area (Å²) >= 11 is 4.91. The van der Waals surface area contributed by atoms with Crippen molar-refractivity contribution in [2.45, 2.75) is 24.8 Å². The Balaban J connectivity index is 1.50. The Morgan fingerprint density at radius 3 is 2.46 bits per heavy atom. The standard InChI is InChI=1S/C26H21BrN6OS/c1-16-14-17(2)29-26(28-16)35-15-23-24(31-32-33(23)20-12-10-19(27)11-13-20)25(34)30-22-9-5-7-18-6-3-4-8-21(18)22/h3-14H,15H2,1-2H3,(H,30,34). The van der Waals surface area contributed by atoms with Gasteiger partial charge in [-0.2, -0.15) is 0 Å². The smallest absolute Gasteiger partial charge is 0.278 e. The zero-order valence-electron chi connectivity index (χ0n) is 19.1. The number of hydrogen-bond donors (Lipinski definition) is 1. The molecule has 0 radical (unpaired) electrons. The molecule has 174 valence electrons. The SMILES string of the molecule is Cc1cc(C)nc(SCc2c(C(=O)Nc3cccc4ccccc34)nnn2-c2ccc(Br)cc2)n1. The third-order valence-electron chi connectivity index (χ3n) is 5.39. The predicted octanol–water partition coefficient (Wildman–Crippen LogP) is 6.13. The second-order valence-electron chi connectivity index (χ2n) is 7.98. The fourth-order valence-corrected chi connectivity index (χ4v) is 5.01. The van der Waals surface area contributed by atoms with Crippen LogP contribution < -0.4 is 5.32 Å². The van der Waals surface area contributed by atoms with Crippen molar-refractivity contribution in [2.75, 3.05) is 5.32 Å². The lowest BCUT2D eigenvalue weighted by Crippen LogP contribution is -2.15. The molecule has 5 rings (SSSR count). The molecule has 0 unspecified atom stereocenters. The average molecular weight is 545 g/mol. The number of thioether (sulfide) groups is 1. The number of nitrogens with zero attached hydrogens (tertiary/aromatic N) is 5. The Bertz CT molecular complexity index is 1510. The molecule has 5 aromatic rings. The molecule has 3 aromatic carbocycles. The summed E-state index contributed by atoms with van der Waals surface area (Å²) in [5.74, 6) is 0.103. The van der Waals surface area contributed by atoms with Crippen LogP contribution in [0.3, 0.4) is 0 Å². The minimum Gasteiger partial charge on any atom is -0.320 e. The van der Waals surface area contributed by atoms with Gasteiger partial charge in [0.2, 0.25) is 0 Å². The van der Waals surface area contributed by atoms with Crippen molar-refractivity contribution >= 4 is 50.1 Å². The molecule has 1 amide bonds. The number of rotatable bonds is 6. The molecule has 0 spiro atoms. The number of amides is 1. The summed E-state index contributed by atoms with van der Waals surface area (Å²) < 4.78 is 2.65. The minimum atomic E-state index is -0.318. The number of halogens is 1. The van der Waals surface area contributed by atoms with Crippen LogP contribution in [0.4, 0.5) is 5.69 Å². The zero-order chi connectivity index (χ0) is 24.4. The fourth-order valence-electron chi connectivity index (χ4n) is 3.80. The second kappa shape index (κ2) is 9.97. The number of aryl methyl sites for hydroxylation is 2. The lowest BCUT2D eigenvalue weighted by molar-refractivity contribution is 0.102. The van der Waals surface area contributed by atoms with E-state index in [9.17, 15) is 4.79 Å². The number of nitrogens with one attached hydrogen (secondary N) is 1. The molecule has 0 atom stereocenters. The first-order valence-corrected chi connectivity index (χ1v) is 12.7. The van der Waals surface area contributed by atoms with Gasteiger partial charge in [0.15, 0.2) is 10.9 Å². The molecular formula is C26H21BrN6OS. The molecule has 35 heavy (non-hydrogen) atoms.